The Morgan fingerprint density at radius 1 is 1.26 bits per heavy atom. The van der Waals surface area contributed by atoms with E-state index in [1.807, 2.05) is 0 Å². The smallest absolute Gasteiger partial charge is 0.442 e. The van der Waals surface area contributed by atoms with E-state index in [4.69, 9.17) is 14.3 Å². The number of nitrogens with zero attached hydrogens (tertiary/aromatic N) is 1. The molecule has 1 amide bonds. The van der Waals surface area contributed by atoms with Crippen molar-refractivity contribution in [2.45, 2.75) is 31.5 Å². The molecule has 7 nitrogen and oxygen atoms in total. The number of fused-ring (bicyclic) bond motifs is 1. The Kier molecular flexibility index (Phi) is 4.21. The summed E-state index contributed by atoms with van der Waals surface area (Å²) in [7, 11) is -3.14. The van der Waals surface area contributed by atoms with Crippen molar-refractivity contribution >= 4 is 32.8 Å². The number of carbonyl (C=O) groups excluding carboxylic acids is 1. The lowest BCUT2D eigenvalue weighted by molar-refractivity contribution is 0.0606. The molecule has 0 saturated heterocycles. The third kappa shape index (κ3) is 4.10. The van der Waals surface area contributed by atoms with Crippen LogP contribution in [0.15, 0.2) is 38.1 Å². The normalized spacial score (nSPS) is 14.3. The van der Waals surface area contributed by atoms with E-state index < -0.39 is 27.4 Å². The van der Waals surface area contributed by atoms with Crippen LogP contribution in [0, 0.1) is 0 Å². The highest BCUT2D eigenvalue weighted by Crippen LogP contribution is 2.25. The van der Waals surface area contributed by atoms with Gasteiger partial charge >= 0.3 is 12.1 Å². The fourth-order valence-electron chi connectivity index (χ4n) is 1.81. The van der Waals surface area contributed by atoms with Crippen LogP contribution in [0.4, 0.5) is 4.79 Å². The molecular weight excluding hydrogens is 322 g/mol. The monoisotopic (exact) mass is 339 g/mol. The number of benzene rings is 1. The van der Waals surface area contributed by atoms with Gasteiger partial charge in [-0.15, -0.1) is 4.36 Å². The highest BCUT2D eigenvalue weighted by Gasteiger charge is 2.20. The molecule has 2 rings (SSSR count). The maximum atomic E-state index is 12.6. The van der Waals surface area contributed by atoms with E-state index in [1.54, 1.807) is 20.8 Å². The third-order valence-corrected chi connectivity index (χ3v) is 4.20. The summed E-state index contributed by atoms with van der Waals surface area (Å²) in [5.74, 6) is -1.08. The number of aromatic carboxylic acids is 1. The number of rotatable bonds is 2. The Bertz CT molecular complexity index is 896. The minimum Gasteiger partial charge on any atom is -0.478 e. The minimum atomic E-state index is -3.14. The van der Waals surface area contributed by atoms with Gasteiger partial charge in [0.25, 0.3) is 0 Å². The summed E-state index contributed by atoms with van der Waals surface area (Å²) in [6.07, 6.45) is 0.309. The van der Waals surface area contributed by atoms with Gasteiger partial charge in [0.1, 0.15) is 20.9 Å². The van der Waals surface area contributed by atoms with Gasteiger partial charge in [-0.05, 0) is 39.0 Å². The molecule has 0 spiro atoms. The molecule has 124 valence electrons. The zero-order chi connectivity index (χ0) is 17.4. The fraction of sp³-hybridized carbons (Fsp3) is 0.333. The number of ether oxygens (including phenoxy) is 1. The van der Waals surface area contributed by atoms with E-state index in [1.165, 1.54) is 30.5 Å². The van der Waals surface area contributed by atoms with E-state index in [9.17, 15) is 13.8 Å². The molecule has 0 saturated carbocycles. The molecule has 1 N–H and O–H groups in total. The number of carboxylic acid groups (broad SMARTS) is 1. The van der Waals surface area contributed by atoms with Gasteiger partial charge in [-0.3, -0.25) is 0 Å². The molecule has 1 aromatic carbocycles. The van der Waals surface area contributed by atoms with Crippen LogP contribution < -0.4 is 0 Å². The molecule has 0 radical (unpaired) electrons. The van der Waals surface area contributed by atoms with Gasteiger partial charge in [-0.2, -0.15) is 0 Å². The first kappa shape index (κ1) is 17.0. The van der Waals surface area contributed by atoms with Crippen LogP contribution in [-0.4, -0.2) is 33.2 Å². The largest absolute Gasteiger partial charge is 0.478 e. The first-order valence-corrected chi connectivity index (χ1v) is 8.62. The highest BCUT2D eigenvalue weighted by atomic mass is 32.2. The standard InChI is InChI=1S/C15H17NO6S/c1-15(2,3)22-14(19)16-23(4,20)12-8-10-7-9(13(17)18)5-6-11(10)21-12/h5-8H,1-4H3,(H,17,18). The van der Waals surface area contributed by atoms with Crippen molar-refractivity contribution in [2.24, 2.45) is 4.36 Å². The molecule has 2 aromatic rings. The molecule has 1 heterocycles. The molecule has 1 atom stereocenters. The summed E-state index contributed by atoms with van der Waals surface area (Å²) in [4.78, 5) is 22.7. The molecular formula is C15H17NO6S. The van der Waals surface area contributed by atoms with Gasteiger partial charge in [0.2, 0.25) is 0 Å². The summed E-state index contributed by atoms with van der Waals surface area (Å²) in [6, 6.07) is 5.65. The summed E-state index contributed by atoms with van der Waals surface area (Å²) < 4.78 is 26.6. The molecule has 0 aliphatic rings. The highest BCUT2D eigenvalue weighted by molar-refractivity contribution is 7.93. The zero-order valence-electron chi connectivity index (χ0n) is 13.2. The topological polar surface area (TPSA) is 106 Å². The molecule has 1 unspecified atom stereocenters. The molecule has 0 bridgehead atoms. The quantitative estimate of drug-likeness (QED) is 0.897. The van der Waals surface area contributed by atoms with Crippen LogP contribution in [0.1, 0.15) is 31.1 Å². The van der Waals surface area contributed by atoms with Crippen molar-refractivity contribution < 1.29 is 28.1 Å². The lowest BCUT2D eigenvalue weighted by atomic mass is 10.2. The van der Waals surface area contributed by atoms with E-state index in [2.05, 4.69) is 4.36 Å². The number of carboxylic acids is 1. The predicted octanol–water partition coefficient (Wildman–Crippen LogP) is 3.52. The second kappa shape index (κ2) is 5.69. The first-order valence-electron chi connectivity index (χ1n) is 6.70. The second-order valence-electron chi connectivity index (χ2n) is 6.00. The van der Waals surface area contributed by atoms with Crippen LogP contribution in [0.2, 0.25) is 0 Å². The third-order valence-electron chi connectivity index (χ3n) is 2.76. The molecule has 8 heteroatoms. The number of furan rings is 1. The van der Waals surface area contributed by atoms with E-state index in [0.717, 1.165) is 0 Å². The van der Waals surface area contributed by atoms with Crippen LogP contribution in [0.3, 0.4) is 0 Å². The molecule has 0 aliphatic heterocycles. The van der Waals surface area contributed by atoms with Crippen molar-refractivity contribution in [3.05, 3.63) is 29.8 Å². The van der Waals surface area contributed by atoms with E-state index in [-0.39, 0.29) is 10.7 Å². The lowest BCUT2D eigenvalue weighted by Gasteiger charge is -2.17. The van der Waals surface area contributed by atoms with Crippen molar-refractivity contribution in [1.82, 2.24) is 0 Å². The Balaban J connectivity index is 2.43. The maximum Gasteiger partial charge on any atom is 0.442 e. The SMILES string of the molecule is CC(C)(C)OC(=O)N=S(C)(=O)c1cc2cc(C(=O)O)ccc2o1. The molecule has 0 aliphatic carbocycles. The lowest BCUT2D eigenvalue weighted by Crippen LogP contribution is -2.22. The average molecular weight is 339 g/mol. The Morgan fingerprint density at radius 3 is 2.48 bits per heavy atom. The van der Waals surface area contributed by atoms with E-state index >= 15 is 0 Å². The molecule has 0 fully saturated rings. The minimum absolute atomic E-state index is 0.0131. The van der Waals surface area contributed by atoms with Crippen molar-refractivity contribution in [1.29, 1.82) is 0 Å². The van der Waals surface area contributed by atoms with Crippen LogP contribution >= 0.6 is 0 Å². The van der Waals surface area contributed by atoms with E-state index in [0.29, 0.717) is 11.0 Å². The number of amides is 1. The Hall–Kier alpha value is -2.35. The number of hydrogen-bond acceptors (Lipinski definition) is 5. The Morgan fingerprint density at radius 2 is 1.91 bits per heavy atom. The first-order chi connectivity index (χ1) is 10.5. The number of hydrogen-bond donors (Lipinski definition) is 1. The summed E-state index contributed by atoms with van der Waals surface area (Å²) in [5, 5.41) is 9.42. The van der Waals surface area contributed by atoms with Gasteiger partial charge in [0, 0.05) is 17.7 Å². The number of carbonyl (C=O) groups is 2. The predicted molar refractivity (Wildman–Crippen MR) is 84.2 cm³/mol. The summed E-state index contributed by atoms with van der Waals surface area (Å²) >= 11 is 0. The molecule has 23 heavy (non-hydrogen) atoms. The van der Waals surface area contributed by atoms with Gasteiger partial charge in [-0.25, -0.2) is 13.8 Å². The van der Waals surface area contributed by atoms with Gasteiger partial charge < -0.3 is 14.3 Å². The average Bonchev–Trinajstić information content (AvgIpc) is 2.78. The maximum absolute atomic E-state index is 12.6. The van der Waals surface area contributed by atoms with Crippen molar-refractivity contribution in [3.8, 4) is 0 Å². The van der Waals surface area contributed by atoms with Crippen molar-refractivity contribution in [3.63, 3.8) is 0 Å². The molecule has 1 aromatic heterocycles. The summed E-state index contributed by atoms with van der Waals surface area (Å²) in [5.41, 5.74) is -0.309. The van der Waals surface area contributed by atoms with Crippen LogP contribution in [0.25, 0.3) is 11.0 Å². The van der Waals surface area contributed by atoms with Crippen molar-refractivity contribution in [2.75, 3.05) is 6.26 Å². The van der Waals surface area contributed by atoms with Gasteiger partial charge in [0.05, 0.1) is 5.56 Å². The Labute approximate surface area is 133 Å². The summed E-state index contributed by atoms with van der Waals surface area (Å²) in [6.45, 7) is 5.02. The second-order valence-corrected chi connectivity index (χ2v) is 8.19. The van der Waals surface area contributed by atoms with Crippen LogP contribution in [-0.2, 0) is 14.5 Å². The van der Waals surface area contributed by atoms with Crippen LogP contribution in [0.5, 0.6) is 0 Å². The van der Waals surface area contributed by atoms with Gasteiger partial charge in [-0.1, -0.05) is 0 Å². The zero-order valence-corrected chi connectivity index (χ0v) is 14.0. The van der Waals surface area contributed by atoms with Gasteiger partial charge in [0.15, 0.2) is 5.09 Å². The fourth-order valence-corrected chi connectivity index (χ4v) is 2.81.